The molecule has 0 spiro atoms. The minimum atomic E-state index is -0.977. The quantitative estimate of drug-likeness (QED) is 0.561. The van der Waals surface area contributed by atoms with Gasteiger partial charge in [0.1, 0.15) is 0 Å². The van der Waals surface area contributed by atoms with E-state index in [1.54, 1.807) is 24.3 Å². The van der Waals surface area contributed by atoms with Crippen molar-refractivity contribution in [2.24, 2.45) is 0 Å². The number of unbranched alkanes of at least 4 members (excludes halogenated alkanes) is 3. The first kappa shape index (κ1) is 16.0. The van der Waals surface area contributed by atoms with Crippen molar-refractivity contribution in [3.63, 3.8) is 0 Å². The molecule has 0 fully saturated rings. The van der Waals surface area contributed by atoms with Gasteiger partial charge in [-0.2, -0.15) is 0 Å². The van der Waals surface area contributed by atoms with Gasteiger partial charge in [0.25, 0.3) is 0 Å². The van der Waals surface area contributed by atoms with Crippen LogP contribution in [0.1, 0.15) is 44.6 Å². The van der Waals surface area contributed by atoms with E-state index < -0.39 is 5.97 Å². The molecule has 0 heterocycles. The summed E-state index contributed by atoms with van der Waals surface area (Å²) in [6.07, 6.45) is 7.47. The van der Waals surface area contributed by atoms with Crippen molar-refractivity contribution in [2.75, 3.05) is 5.32 Å². The van der Waals surface area contributed by atoms with Crippen molar-refractivity contribution in [3.05, 3.63) is 35.9 Å². The molecule has 0 aliphatic heterocycles. The number of amides is 1. The fraction of sp³-hybridized carbons (Fsp3) is 0.375. The van der Waals surface area contributed by atoms with E-state index in [1.807, 2.05) is 0 Å². The second kappa shape index (κ2) is 8.91. The Hall–Kier alpha value is -2.10. The number of benzene rings is 1. The zero-order valence-electron chi connectivity index (χ0n) is 11.8. The first-order chi connectivity index (χ1) is 9.61. The Morgan fingerprint density at radius 3 is 2.45 bits per heavy atom. The maximum atomic E-state index is 11.7. The molecule has 4 heteroatoms. The molecule has 0 aromatic heterocycles. The number of hydrogen-bond acceptors (Lipinski definition) is 2. The van der Waals surface area contributed by atoms with Crippen LogP contribution in [0.3, 0.4) is 0 Å². The highest BCUT2D eigenvalue weighted by Gasteiger charge is 2.01. The molecule has 1 amide bonds. The van der Waals surface area contributed by atoms with E-state index in [4.69, 9.17) is 5.11 Å². The predicted molar refractivity (Wildman–Crippen MR) is 80.5 cm³/mol. The molecule has 20 heavy (non-hydrogen) atoms. The largest absolute Gasteiger partial charge is 0.478 e. The SMILES string of the molecule is CCCCCCC(=O)Nc1ccc(/C=C/C(=O)O)cc1. The standard InChI is InChI=1S/C16H21NO3/c1-2-3-4-5-6-15(18)17-14-10-7-13(8-11-14)9-12-16(19)20/h7-12H,2-6H2,1H3,(H,17,18)(H,19,20)/b12-9+. The van der Waals surface area contributed by atoms with Crippen molar-refractivity contribution in [3.8, 4) is 0 Å². The lowest BCUT2D eigenvalue weighted by atomic mass is 10.1. The normalized spacial score (nSPS) is 10.7. The Morgan fingerprint density at radius 1 is 1.15 bits per heavy atom. The summed E-state index contributed by atoms with van der Waals surface area (Å²) in [5, 5.41) is 11.4. The lowest BCUT2D eigenvalue weighted by Gasteiger charge is -2.05. The molecule has 4 nitrogen and oxygen atoms in total. The summed E-state index contributed by atoms with van der Waals surface area (Å²) in [6.45, 7) is 2.14. The second-order valence-electron chi connectivity index (χ2n) is 4.65. The van der Waals surface area contributed by atoms with E-state index in [0.29, 0.717) is 6.42 Å². The van der Waals surface area contributed by atoms with E-state index in [-0.39, 0.29) is 5.91 Å². The molecule has 0 aliphatic rings. The van der Waals surface area contributed by atoms with E-state index in [0.717, 1.165) is 43.0 Å². The fourth-order valence-corrected chi connectivity index (χ4v) is 1.78. The number of carboxylic acid groups (broad SMARTS) is 1. The molecule has 0 atom stereocenters. The molecule has 0 saturated carbocycles. The van der Waals surface area contributed by atoms with E-state index in [9.17, 15) is 9.59 Å². The lowest BCUT2D eigenvalue weighted by Crippen LogP contribution is -2.10. The summed E-state index contributed by atoms with van der Waals surface area (Å²) < 4.78 is 0. The number of carbonyl (C=O) groups is 2. The molecule has 1 aromatic carbocycles. The number of carbonyl (C=O) groups excluding carboxylic acids is 1. The Labute approximate surface area is 119 Å². The third-order valence-electron chi connectivity index (χ3n) is 2.87. The maximum absolute atomic E-state index is 11.7. The number of hydrogen-bond donors (Lipinski definition) is 2. The van der Waals surface area contributed by atoms with Crippen LogP contribution in [-0.2, 0) is 9.59 Å². The maximum Gasteiger partial charge on any atom is 0.328 e. The smallest absolute Gasteiger partial charge is 0.328 e. The lowest BCUT2D eigenvalue weighted by molar-refractivity contribution is -0.131. The van der Waals surface area contributed by atoms with Crippen molar-refractivity contribution < 1.29 is 14.7 Å². The van der Waals surface area contributed by atoms with Gasteiger partial charge in [0, 0.05) is 18.2 Å². The summed E-state index contributed by atoms with van der Waals surface area (Å²) in [7, 11) is 0. The fourth-order valence-electron chi connectivity index (χ4n) is 1.78. The van der Waals surface area contributed by atoms with Gasteiger partial charge in [-0.1, -0.05) is 38.3 Å². The van der Waals surface area contributed by atoms with Gasteiger partial charge in [0.15, 0.2) is 0 Å². The van der Waals surface area contributed by atoms with Crippen molar-refractivity contribution in [2.45, 2.75) is 39.0 Å². The van der Waals surface area contributed by atoms with Crippen LogP contribution in [0.25, 0.3) is 6.08 Å². The van der Waals surface area contributed by atoms with Gasteiger partial charge in [0.2, 0.25) is 5.91 Å². The number of nitrogens with one attached hydrogen (secondary N) is 1. The molecule has 2 N–H and O–H groups in total. The average Bonchev–Trinajstić information content (AvgIpc) is 2.43. The Balaban J connectivity index is 2.41. The first-order valence-corrected chi connectivity index (χ1v) is 6.92. The minimum absolute atomic E-state index is 0.0231. The molecule has 1 aromatic rings. The second-order valence-corrected chi connectivity index (χ2v) is 4.65. The van der Waals surface area contributed by atoms with Crippen LogP contribution in [0.15, 0.2) is 30.3 Å². The Morgan fingerprint density at radius 2 is 1.85 bits per heavy atom. The van der Waals surface area contributed by atoms with Crippen molar-refractivity contribution in [1.82, 2.24) is 0 Å². The van der Waals surface area contributed by atoms with E-state index in [1.165, 1.54) is 6.08 Å². The number of carboxylic acids is 1. The van der Waals surface area contributed by atoms with Crippen LogP contribution in [0.4, 0.5) is 5.69 Å². The van der Waals surface area contributed by atoms with E-state index >= 15 is 0 Å². The third kappa shape index (κ3) is 6.73. The van der Waals surface area contributed by atoms with Crippen LogP contribution in [-0.4, -0.2) is 17.0 Å². The van der Waals surface area contributed by atoms with Gasteiger partial charge < -0.3 is 10.4 Å². The molecule has 108 valence electrons. The number of aliphatic carboxylic acids is 1. The molecule has 0 unspecified atom stereocenters. The summed E-state index contributed by atoms with van der Waals surface area (Å²) in [6, 6.07) is 7.08. The molecule has 0 aliphatic carbocycles. The Kier molecular flexibility index (Phi) is 7.11. The van der Waals surface area contributed by atoms with Crippen LogP contribution in [0.5, 0.6) is 0 Å². The summed E-state index contributed by atoms with van der Waals surface area (Å²) in [5.41, 5.74) is 1.52. The van der Waals surface area contributed by atoms with Crippen LogP contribution >= 0.6 is 0 Å². The van der Waals surface area contributed by atoms with Gasteiger partial charge >= 0.3 is 5.97 Å². The number of anilines is 1. The molecular formula is C16H21NO3. The topological polar surface area (TPSA) is 66.4 Å². The molecule has 1 rings (SSSR count). The van der Waals surface area contributed by atoms with Gasteiger partial charge in [-0.3, -0.25) is 4.79 Å². The van der Waals surface area contributed by atoms with Crippen LogP contribution in [0.2, 0.25) is 0 Å². The van der Waals surface area contributed by atoms with Gasteiger partial charge in [0.05, 0.1) is 0 Å². The monoisotopic (exact) mass is 275 g/mol. The summed E-state index contributed by atoms with van der Waals surface area (Å²) >= 11 is 0. The highest BCUT2D eigenvalue weighted by Crippen LogP contribution is 2.12. The van der Waals surface area contributed by atoms with E-state index in [2.05, 4.69) is 12.2 Å². The highest BCUT2D eigenvalue weighted by atomic mass is 16.4. The van der Waals surface area contributed by atoms with Crippen LogP contribution < -0.4 is 5.32 Å². The van der Waals surface area contributed by atoms with Crippen LogP contribution in [0, 0.1) is 0 Å². The summed E-state index contributed by atoms with van der Waals surface area (Å²) in [4.78, 5) is 22.1. The molecule has 0 radical (unpaired) electrons. The van der Waals surface area contributed by atoms with Crippen molar-refractivity contribution >= 4 is 23.6 Å². The van der Waals surface area contributed by atoms with Gasteiger partial charge in [-0.05, 0) is 30.2 Å². The predicted octanol–water partition coefficient (Wildman–Crippen LogP) is 3.69. The zero-order chi connectivity index (χ0) is 14.8. The molecular weight excluding hydrogens is 254 g/mol. The van der Waals surface area contributed by atoms with Gasteiger partial charge in [-0.15, -0.1) is 0 Å². The highest BCUT2D eigenvalue weighted by molar-refractivity contribution is 5.91. The third-order valence-corrected chi connectivity index (χ3v) is 2.87. The molecule has 0 bridgehead atoms. The molecule has 0 saturated heterocycles. The first-order valence-electron chi connectivity index (χ1n) is 6.92. The minimum Gasteiger partial charge on any atom is -0.478 e. The zero-order valence-corrected chi connectivity index (χ0v) is 11.8. The van der Waals surface area contributed by atoms with Crippen molar-refractivity contribution in [1.29, 1.82) is 0 Å². The van der Waals surface area contributed by atoms with Gasteiger partial charge in [-0.25, -0.2) is 4.79 Å². The number of rotatable bonds is 8. The summed E-state index contributed by atoms with van der Waals surface area (Å²) in [5.74, 6) is -0.954. The average molecular weight is 275 g/mol. The Bertz CT molecular complexity index is 463.